The van der Waals surface area contributed by atoms with Crippen molar-refractivity contribution in [2.24, 2.45) is 5.92 Å². The topological polar surface area (TPSA) is 91.7 Å². The van der Waals surface area contributed by atoms with E-state index in [1.807, 2.05) is 0 Å². The number of likely N-dealkylation sites (tertiary alicyclic amines) is 1. The third-order valence-corrected chi connectivity index (χ3v) is 4.82. The van der Waals surface area contributed by atoms with Crippen molar-refractivity contribution in [1.29, 1.82) is 0 Å². The zero-order valence-electron chi connectivity index (χ0n) is 14.8. The van der Waals surface area contributed by atoms with Crippen LogP contribution >= 0.6 is 0 Å². The molecule has 140 valence electrons. The number of anilines is 1. The number of furan rings is 1. The summed E-state index contributed by atoms with van der Waals surface area (Å²) in [6.45, 7) is 0.722. The fourth-order valence-electron chi connectivity index (χ4n) is 3.17. The molecule has 3 amide bonds. The molecule has 4 rings (SSSR count). The van der Waals surface area contributed by atoms with Crippen molar-refractivity contribution < 1.29 is 18.8 Å². The van der Waals surface area contributed by atoms with Gasteiger partial charge in [-0.2, -0.15) is 0 Å². The maximum atomic E-state index is 12.6. The van der Waals surface area contributed by atoms with Gasteiger partial charge in [-0.1, -0.05) is 6.07 Å². The molecule has 1 unspecified atom stereocenters. The number of nitrogens with one attached hydrogen (secondary N) is 2. The van der Waals surface area contributed by atoms with Crippen LogP contribution in [0.5, 0.6) is 0 Å². The fraction of sp³-hybridized carbons (Fsp3) is 0.350. The van der Waals surface area contributed by atoms with Crippen LogP contribution in [0.15, 0.2) is 47.1 Å². The van der Waals surface area contributed by atoms with Gasteiger partial charge in [0, 0.05) is 30.3 Å². The monoisotopic (exact) mass is 367 g/mol. The molecule has 0 spiro atoms. The van der Waals surface area contributed by atoms with E-state index in [9.17, 15) is 14.4 Å². The van der Waals surface area contributed by atoms with Gasteiger partial charge in [-0.15, -0.1) is 0 Å². The van der Waals surface area contributed by atoms with Gasteiger partial charge in [-0.25, -0.2) is 0 Å². The van der Waals surface area contributed by atoms with Gasteiger partial charge in [0.15, 0.2) is 0 Å². The van der Waals surface area contributed by atoms with E-state index in [2.05, 4.69) is 10.6 Å². The van der Waals surface area contributed by atoms with E-state index in [0.717, 1.165) is 12.8 Å². The highest BCUT2D eigenvalue weighted by Gasteiger charge is 2.34. The van der Waals surface area contributed by atoms with Gasteiger partial charge in [0.25, 0.3) is 5.91 Å². The Morgan fingerprint density at radius 1 is 1.19 bits per heavy atom. The Morgan fingerprint density at radius 2 is 2.04 bits per heavy atom. The molecular formula is C20H21N3O4. The van der Waals surface area contributed by atoms with E-state index in [4.69, 9.17) is 4.42 Å². The molecule has 0 bridgehead atoms. The van der Waals surface area contributed by atoms with Crippen molar-refractivity contribution >= 4 is 23.4 Å². The number of hydrogen-bond donors (Lipinski definition) is 2. The molecule has 2 N–H and O–H groups in total. The van der Waals surface area contributed by atoms with Gasteiger partial charge in [0.05, 0.1) is 18.7 Å². The average molecular weight is 367 g/mol. The van der Waals surface area contributed by atoms with Crippen LogP contribution in [0, 0.1) is 5.92 Å². The van der Waals surface area contributed by atoms with E-state index >= 15 is 0 Å². The van der Waals surface area contributed by atoms with Crippen LogP contribution in [0.3, 0.4) is 0 Å². The molecule has 1 atom stereocenters. The smallest absolute Gasteiger partial charge is 0.251 e. The maximum Gasteiger partial charge on any atom is 0.251 e. The molecule has 2 heterocycles. The molecule has 1 saturated carbocycles. The van der Waals surface area contributed by atoms with Crippen LogP contribution < -0.4 is 10.6 Å². The Labute approximate surface area is 156 Å². The second-order valence-corrected chi connectivity index (χ2v) is 7.07. The molecule has 2 aromatic rings. The third-order valence-electron chi connectivity index (χ3n) is 4.82. The SMILES string of the molecule is O=C(NC1CC1)c1cccc(NC(=O)C2CC(=O)N(Cc3ccco3)C2)c1. The van der Waals surface area contributed by atoms with E-state index < -0.39 is 5.92 Å². The Kier molecular flexibility index (Phi) is 4.66. The second kappa shape index (κ2) is 7.26. The van der Waals surface area contributed by atoms with Crippen LogP contribution in [0.25, 0.3) is 0 Å². The molecule has 1 aromatic carbocycles. The number of carbonyl (C=O) groups excluding carboxylic acids is 3. The summed E-state index contributed by atoms with van der Waals surface area (Å²) in [4.78, 5) is 38.5. The molecule has 1 aliphatic heterocycles. The Bertz CT molecular complexity index is 858. The molecule has 27 heavy (non-hydrogen) atoms. The first-order chi connectivity index (χ1) is 13.1. The quantitative estimate of drug-likeness (QED) is 0.818. The van der Waals surface area contributed by atoms with Gasteiger partial charge < -0.3 is 20.0 Å². The summed E-state index contributed by atoms with van der Waals surface area (Å²) in [5.74, 6) is -0.140. The Balaban J connectivity index is 1.36. The van der Waals surface area contributed by atoms with Crippen LogP contribution in [0.1, 0.15) is 35.4 Å². The molecule has 7 nitrogen and oxygen atoms in total. The van der Waals surface area contributed by atoms with Crippen LogP contribution in [-0.4, -0.2) is 35.2 Å². The zero-order chi connectivity index (χ0) is 18.8. The van der Waals surface area contributed by atoms with Crippen molar-refractivity contribution in [3.8, 4) is 0 Å². The number of nitrogens with zero attached hydrogens (tertiary/aromatic N) is 1. The van der Waals surface area contributed by atoms with E-state index in [1.54, 1.807) is 47.6 Å². The maximum absolute atomic E-state index is 12.6. The lowest BCUT2D eigenvalue weighted by Gasteiger charge is -2.15. The normalized spacial score (nSPS) is 19.2. The van der Waals surface area contributed by atoms with Gasteiger partial charge >= 0.3 is 0 Å². The highest BCUT2D eigenvalue weighted by Crippen LogP contribution is 2.23. The second-order valence-electron chi connectivity index (χ2n) is 7.07. The van der Waals surface area contributed by atoms with Crippen LogP contribution in [-0.2, 0) is 16.1 Å². The summed E-state index contributed by atoms with van der Waals surface area (Å²) in [5, 5.41) is 5.75. The lowest BCUT2D eigenvalue weighted by molar-refractivity contribution is -0.128. The average Bonchev–Trinajstić information content (AvgIpc) is 3.17. The largest absolute Gasteiger partial charge is 0.467 e. The predicted octanol–water partition coefficient (Wildman–Crippen LogP) is 2.16. The van der Waals surface area contributed by atoms with Gasteiger partial charge in [0.1, 0.15) is 5.76 Å². The number of carbonyl (C=O) groups is 3. The first kappa shape index (κ1) is 17.3. The lowest BCUT2D eigenvalue weighted by atomic mass is 10.1. The van der Waals surface area contributed by atoms with Crippen LogP contribution in [0.2, 0.25) is 0 Å². The van der Waals surface area contributed by atoms with Gasteiger partial charge in [0.2, 0.25) is 11.8 Å². The van der Waals surface area contributed by atoms with Crippen molar-refractivity contribution in [1.82, 2.24) is 10.2 Å². The Hall–Kier alpha value is -3.09. The highest BCUT2D eigenvalue weighted by atomic mass is 16.3. The van der Waals surface area contributed by atoms with Crippen LogP contribution in [0.4, 0.5) is 5.69 Å². The minimum atomic E-state index is -0.420. The minimum Gasteiger partial charge on any atom is -0.467 e. The van der Waals surface area contributed by atoms with Gasteiger partial charge in [-0.3, -0.25) is 14.4 Å². The standard InChI is InChI=1S/C20H21N3O4/c24-18-10-14(11-23(18)12-17-5-2-8-27-17)20(26)22-16-4-1-3-13(9-16)19(25)21-15-6-7-15/h1-5,8-9,14-15H,6-7,10-12H2,(H,21,25)(H,22,26). The fourth-order valence-corrected chi connectivity index (χ4v) is 3.17. The molecule has 1 aromatic heterocycles. The molecular weight excluding hydrogens is 346 g/mol. The van der Waals surface area contributed by atoms with E-state index in [0.29, 0.717) is 30.1 Å². The minimum absolute atomic E-state index is 0.0656. The van der Waals surface area contributed by atoms with Crippen molar-refractivity contribution in [3.05, 3.63) is 54.0 Å². The summed E-state index contributed by atoms with van der Waals surface area (Å²) < 4.78 is 5.27. The predicted molar refractivity (Wildman–Crippen MR) is 97.8 cm³/mol. The van der Waals surface area contributed by atoms with E-state index in [-0.39, 0.29) is 30.2 Å². The van der Waals surface area contributed by atoms with Crippen molar-refractivity contribution in [2.75, 3.05) is 11.9 Å². The zero-order valence-corrected chi connectivity index (χ0v) is 14.8. The van der Waals surface area contributed by atoms with Gasteiger partial charge in [-0.05, 0) is 43.2 Å². The summed E-state index contributed by atoms with van der Waals surface area (Å²) in [5.41, 5.74) is 1.07. The molecule has 2 fully saturated rings. The highest BCUT2D eigenvalue weighted by molar-refractivity contribution is 5.99. The first-order valence-corrected chi connectivity index (χ1v) is 9.10. The Morgan fingerprint density at radius 3 is 2.78 bits per heavy atom. The number of rotatable bonds is 6. The number of hydrogen-bond acceptors (Lipinski definition) is 4. The molecule has 7 heteroatoms. The lowest BCUT2D eigenvalue weighted by Crippen LogP contribution is -2.28. The van der Waals surface area contributed by atoms with Crippen molar-refractivity contribution in [3.63, 3.8) is 0 Å². The summed E-state index contributed by atoms with van der Waals surface area (Å²) in [6.07, 6.45) is 3.78. The van der Waals surface area contributed by atoms with E-state index in [1.165, 1.54) is 0 Å². The first-order valence-electron chi connectivity index (χ1n) is 9.10. The molecule has 0 radical (unpaired) electrons. The summed E-state index contributed by atoms with van der Waals surface area (Å²) >= 11 is 0. The number of benzene rings is 1. The number of amides is 3. The molecule has 1 aliphatic carbocycles. The summed E-state index contributed by atoms with van der Waals surface area (Å²) in [7, 11) is 0. The molecule has 2 aliphatic rings. The third kappa shape index (κ3) is 4.19. The summed E-state index contributed by atoms with van der Waals surface area (Å²) in [6, 6.07) is 10.7. The molecule has 1 saturated heterocycles. The van der Waals surface area contributed by atoms with Crippen molar-refractivity contribution in [2.45, 2.75) is 31.8 Å².